The maximum Gasteiger partial charge on any atom is 0.243 e. The molecule has 0 spiro atoms. The number of amides is 2. The van der Waals surface area contributed by atoms with Gasteiger partial charge in [-0.15, -0.1) is 0 Å². The minimum absolute atomic E-state index is 0.0107. The molecule has 10 nitrogen and oxygen atoms in total. The molecule has 1 atom stereocenters. The molecule has 1 aromatic rings. The van der Waals surface area contributed by atoms with Crippen LogP contribution >= 0.6 is 0 Å². The van der Waals surface area contributed by atoms with Crippen LogP contribution in [0.1, 0.15) is 25.7 Å². The standard InChI is InChI=1S/C20H30N4O6S2/c1-31(27,28)24-11-5-6-17(16-24)21-19(25)9-10-20(26)22-12-14-23(15-13-22)32(29,30)18-7-3-2-4-8-18/h2-4,7-8,17H,5-6,9-16H2,1H3,(H,21,25). The summed E-state index contributed by atoms with van der Waals surface area (Å²) in [5.74, 6) is -0.484. The smallest absolute Gasteiger partial charge is 0.243 e. The van der Waals surface area contributed by atoms with E-state index >= 15 is 0 Å². The monoisotopic (exact) mass is 486 g/mol. The summed E-state index contributed by atoms with van der Waals surface area (Å²) in [5.41, 5.74) is 0. The van der Waals surface area contributed by atoms with Crippen molar-refractivity contribution in [3.63, 3.8) is 0 Å². The van der Waals surface area contributed by atoms with Crippen LogP contribution in [0.2, 0.25) is 0 Å². The molecule has 2 saturated heterocycles. The fourth-order valence-electron chi connectivity index (χ4n) is 3.96. The Morgan fingerprint density at radius 1 is 0.938 bits per heavy atom. The van der Waals surface area contributed by atoms with Gasteiger partial charge in [0.1, 0.15) is 0 Å². The summed E-state index contributed by atoms with van der Waals surface area (Å²) in [4.78, 5) is 26.6. The van der Waals surface area contributed by atoms with Crippen LogP contribution < -0.4 is 5.32 Å². The average molecular weight is 487 g/mol. The molecule has 12 heteroatoms. The average Bonchev–Trinajstić information content (AvgIpc) is 2.78. The Morgan fingerprint density at radius 2 is 1.59 bits per heavy atom. The first-order valence-corrected chi connectivity index (χ1v) is 13.9. The molecule has 32 heavy (non-hydrogen) atoms. The minimum atomic E-state index is -3.58. The van der Waals surface area contributed by atoms with Crippen LogP contribution in [0.3, 0.4) is 0 Å². The van der Waals surface area contributed by atoms with Crippen molar-refractivity contribution in [2.24, 2.45) is 0 Å². The predicted molar refractivity (Wildman–Crippen MR) is 119 cm³/mol. The molecule has 2 heterocycles. The van der Waals surface area contributed by atoms with Crippen LogP contribution in [-0.2, 0) is 29.6 Å². The number of nitrogens with one attached hydrogen (secondary N) is 1. The zero-order chi connectivity index (χ0) is 23.4. The molecule has 2 aliphatic heterocycles. The molecule has 0 radical (unpaired) electrons. The second kappa shape index (κ2) is 10.3. The summed E-state index contributed by atoms with van der Waals surface area (Å²) in [5, 5.41) is 2.82. The van der Waals surface area contributed by atoms with Gasteiger partial charge in [0.25, 0.3) is 0 Å². The fraction of sp³-hybridized carbons (Fsp3) is 0.600. The third-order valence-electron chi connectivity index (χ3n) is 5.76. The van der Waals surface area contributed by atoms with Crippen molar-refractivity contribution < 1.29 is 26.4 Å². The van der Waals surface area contributed by atoms with E-state index in [2.05, 4.69) is 5.32 Å². The normalized spacial score (nSPS) is 21.3. The van der Waals surface area contributed by atoms with Crippen LogP contribution in [0, 0.1) is 0 Å². The number of carbonyl (C=O) groups excluding carboxylic acids is 2. The first-order valence-electron chi connectivity index (χ1n) is 10.6. The van der Waals surface area contributed by atoms with Gasteiger partial charge in [-0.25, -0.2) is 21.1 Å². The number of nitrogens with zero attached hydrogens (tertiary/aromatic N) is 3. The van der Waals surface area contributed by atoms with E-state index in [0.29, 0.717) is 19.4 Å². The van der Waals surface area contributed by atoms with Crippen molar-refractivity contribution in [2.75, 3.05) is 45.5 Å². The lowest BCUT2D eigenvalue weighted by Crippen LogP contribution is -2.51. The molecule has 2 aliphatic rings. The lowest BCUT2D eigenvalue weighted by molar-refractivity contribution is -0.134. The number of rotatable bonds is 7. The van der Waals surface area contributed by atoms with E-state index in [9.17, 15) is 26.4 Å². The molecular weight excluding hydrogens is 456 g/mol. The lowest BCUT2D eigenvalue weighted by atomic mass is 10.1. The first-order chi connectivity index (χ1) is 15.1. The van der Waals surface area contributed by atoms with Gasteiger partial charge >= 0.3 is 0 Å². The molecule has 0 bridgehead atoms. The van der Waals surface area contributed by atoms with Crippen LogP contribution in [0.4, 0.5) is 0 Å². The van der Waals surface area contributed by atoms with Gasteiger partial charge in [-0.05, 0) is 25.0 Å². The highest BCUT2D eigenvalue weighted by molar-refractivity contribution is 7.89. The van der Waals surface area contributed by atoms with E-state index in [1.54, 1.807) is 35.2 Å². The van der Waals surface area contributed by atoms with Crippen molar-refractivity contribution in [3.05, 3.63) is 30.3 Å². The van der Waals surface area contributed by atoms with Crippen molar-refractivity contribution in [1.82, 2.24) is 18.8 Å². The number of hydrogen-bond donors (Lipinski definition) is 1. The number of hydrogen-bond acceptors (Lipinski definition) is 6. The minimum Gasteiger partial charge on any atom is -0.352 e. The summed E-state index contributed by atoms with van der Waals surface area (Å²) in [6.45, 7) is 1.67. The molecule has 2 fully saturated rings. The molecular formula is C20H30N4O6S2. The van der Waals surface area contributed by atoms with Gasteiger partial charge in [0.15, 0.2) is 0 Å². The zero-order valence-corrected chi connectivity index (χ0v) is 19.8. The van der Waals surface area contributed by atoms with Crippen molar-refractivity contribution >= 4 is 31.9 Å². The highest BCUT2D eigenvalue weighted by atomic mass is 32.2. The second-order valence-corrected chi connectivity index (χ2v) is 12.0. The number of piperidine rings is 1. The van der Waals surface area contributed by atoms with Gasteiger partial charge in [-0.1, -0.05) is 18.2 Å². The number of sulfonamides is 2. The van der Waals surface area contributed by atoms with Gasteiger partial charge < -0.3 is 10.2 Å². The summed E-state index contributed by atoms with van der Waals surface area (Å²) < 4.78 is 51.5. The molecule has 0 aromatic heterocycles. The molecule has 0 aliphatic carbocycles. The van der Waals surface area contributed by atoms with Gasteiger partial charge in [0.2, 0.25) is 31.9 Å². The van der Waals surface area contributed by atoms with Crippen LogP contribution in [-0.4, -0.2) is 93.7 Å². The van der Waals surface area contributed by atoms with Crippen molar-refractivity contribution in [3.8, 4) is 0 Å². The Morgan fingerprint density at radius 3 is 2.22 bits per heavy atom. The van der Waals surface area contributed by atoms with Crippen LogP contribution in [0.15, 0.2) is 35.2 Å². The first kappa shape index (κ1) is 24.6. The molecule has 2 amide bonds. The SMILES string of the molecule is CS(=O)(=O)N1CCCC(NC(=O)CCC(=O)N2CCN(S(=O)(=O)c3ccccc3)CC2)C1. The summed E-state index contributed by atoms with van der Waals surface area (Å²) >= 11 is 0. The molecule has 1 aromatic carbocycles. The third-order valence-corrected chi connectivity index (χ3v) is 8.94. The summed E-state index contributed by atoms with van der Waals surface area (Å²) in [6.07, 6.45) is 2.56. The number of carbonyl (C=O) groups is 2. The lowest BCUT2D eigenvalue weighted by Gasteiger charge is -2.34. The Bertz CT molecular complexity index is 1020. The quantitative estimate of drug-likeness (QED) is 0.571. The summed E-state index contributed by atoms with van der Waals surface area (Å²) in [7, 11) is -6.88. The van der Waals surface area contributed by atoms with E-state index in [0.717, 1.165) is 6.26 Å². The second-order valence-electron chi connectivity index (χ2n) is 8.13. The largest absolute Gasteiger partial charge is 0.352 e. The van der Waals surface area contributed by atoms with Gasteiger partial charge in [-0.3, -0.25) is 9.59 Å². The van der Waals surface area contributed by atoms with Crippen LogP contribution in [0.25, 0.3) is 0 Å². The Kier molecular flexibility index (Phi) is 7.91. The Balaban J connectivity index is 1.43. The van der Waals surface area contributed by atoms with Crippen LogP contribution in [0.5, 0.6) is 0 Å². The van der Waals surface area contributed by atoms with Gasteiger partial charge in [0, 0.05) is 58.2 Å². The van der Waals surface area contributed by atoms with E-state index in [1.165, 1.54) is 8.61 Å². The Hall–Kier alpha value is -2.02. The molecule has 178 valence electrons. The predicted octanol–water partition coefficient (Wildman–Crippen LogP) is -0.160. The zero-order valence-electron chi connectivity index (χ0n) is 18.1. The Labute approximate surface area is 189 Å². The van der Waals surface area contributed by atoms with Gasteiger partial charge in [-0.2, -0.15) is 4.31 Å². The number of benzene rings is 1. The van der Waals surface area contributed by atoms with E-state index in [-0.39, 0.29) is 68.3 Å². The fourth-order valence-corrected chi connectivity index (χ4v) is 6.31. The maximum absolute atomic E-state index is 12.7. The highest BCUT2D eigenvalue weighted by Gasteiger charge is 2.30. The summed E-state index contributed by atoms with van der Waals surface area (Å²) in [6, 6.07) is 7.93. The molecule has 1 unspecified atom stereocenters. The number of piperazine rings is 1. The molecule has 3 rings (SSSR count). The topological polar surface area (TPSA) is 124 Å². The van der Waals surface area contributed by atoms with E-state index < -0.39 is 20.0 Å². The molecule has 1 N–H and O–H groups in total. The maximum atomic E-state index is 12.7. The van der Waals surface area contributed by atoms with Crippen molar-refractivity contribution in [1.29, 1.82) is 0 Å². The van der Waals surface area contributed by atoms with E-state index in [4.69, 9.17) is 0 Å². The van der Waals surface area contributed by atoms with Crippen molar-refractivity contribution in [2.45, 2.75) is 36.6 Å². The molecule has 0 saturated carbocycles. The van der Waals surface area contributed by atoms with Gasteiger partial charge in [0.05, 0.1) is 11.2 Å². The third kappa shape index (κ3) is 6.27. The van der Waals surface area contributed by atoms with E-state index in [1.807, 2.05) is 0 Å². The highest BCUT2D eigenvalue weighted by Crippen LogP contribution is 2.18.